The molecule has 0 aliphatic rings. The zero-order chi connectivity index (χ0) is 19.6. The van der Waals surface area contributed by atoms with Crippen LogP contribution in [0, 0.1) is 22.7 Å². The van der Waals surface area contributed by atoms with Crippen LogP contribution in [0.1, 0.15) is 16.7 Å². The van der Waals surface area contributed by atoms with Gasteiger partial charge in [-0.1, -0.05) is 18.2 Å². The Hall–Kier alpha value is -3.77. The molecule has 0 saturated heterocycles. The van der Waals surface area contributed by atoms with Gasteiger partial charge in [0.05, 0.1) is 25.9 Å². The van der Waals surface area contributed by atoms with Crippen LogP contribution in [0.3, 0.4) is 0 Å². The van der Waals surface area contributed by atoms with Crippen LogP contribution < -0.4 is 14.8 Å². The largest absolute Gasteiger partial charge is 0.493 e. The monoisotopic (exact) mass is 361 g/mol. The Kier molecular flexibility index (Phi) is 6.99. The van der Waals surface area contributed by atoms with Gasteiger partial charge in [0.1, 0.15) is 11.6 Å². The fraction of sp³-hybridized carbons (Fsp3) is 0.190. The van der Waals surface area contributed by atoms with Gasteiger partial charge in [-0.25, -0.2) is 0 Å². The lowest BCUT2D eigenvalue weighted by Gasteiger charge is -2.10. The molecule has 0 radical (unpaired) electrons. The van der Waals surface area contributed by atoms with Gasteiger partial charge >= 0.3 is 0 Å². The number of methoxy groups -OCH3 is 2. The highest BCUT2D eigenvalue weighted by Crippen LogP contribution is 2.27. The van der Waals surface area contributed by atoms with E-state index in [2.05, 4.69) is 5.32 Å². The van der Waals surface area contributed by atoms with Crippen molar-refractivity contribution in [3.8, 4) is 23.6 Å². The van der Waals surface area contributed by atoms with Crippen LogP contribution in [0.15, 0.2) is 48.0 Å². The van der Waals surface area contributed by atoms with Crippen LogP contribution in [0.4, 0.5) is 0 Å². The van der Waals surface area contributed by atoms with Gasteiger partial charge < -0.3 is 14.8 Å². The Morgan fingerprint density at radius 1 is 1.07 bits per heavy atom. The number of nitrogens with one attached hydrogen (secondary N) is 1. The molecule has 0 aromatic heterocycles. The summed E-state index contributed by atoms with van der Waals surface area (Å²) < 4.78 is 10.5. The number of carbonyl (C=O) groups is 1. The molecule has 0 saturated carbocycles. The van der Waals surface area contributed by atoms with Gasteiger partial charge in [0.15, 0.2) is 11.5 Å². The van der Waals surface area contributed by atoms with E-state index < -0.39 is 5.91 Å². The number of amides is 1. The van der Waals surface area contributed by atoms with E-state index >= 15 is 0 Å². The van der Waals surface area contributed by atoms with Crippen LogP contribution in [0.5, 0.6) is 11.5 Å². The number of benzene rings is 2. The lowest BCUT2D eigenvalue weighted by molar-refractivity contribution is -0.117. The second-order valence-electron chi connectivity index (χ2n) is 5.60. The fourth-order valence-corrected chi connectivity index (χ4v) is 2.42. The first-order chi connectivity index (χ1) is 13.1. The summed E-state index contributed by atoms with van der Waals surface area (Å²) >= 11 is 0. The van der Waals surface area contributed by atoms with Crippen molar-refractivity contribution in [1.29, 1.82) is 10.5 Å². The van der Waals surface area contributed by atoms with Gasteiger partial charge in [-0.05, 0) is 47.9 Å². The van der Waals surface area contributed by atoms with E-state index in [1.54, 1.807) is 38.5 Å². The lowest BCUT2D eigenvalue weighted by Crippen LogP contribution is -2.26. The average Bonchev–Trinajstić information content (AvgIpc) is 2.72. The zero-order valence-corrected chi connectivity index (χ0v) is 15.2. The van der Waals surface area contributed by atoms with Crippen molar-refractivity contribution in [3.05, 3.63) is 64.7 Å². The molecule has 0 unspecified atom stereocenters. The molecular formula is C21H19N3O3. The van der Waals surface area contributed by atoms with Gasteiger partial charge in [-0.2, -0.15) is 10.5 Å². The minimum atomic E-state index is -0.442. The Morgan fingerprint density at radius 2 is 1.78 bits per heavy atom. The molecule has 0 heterocycles. The molecule has 1 N–H and O–H groups in total. The normalized spacial score (nSPS) is 10.4. The number of carbonyl (C=O) groups excluding carboxylic acids is 1. The quantitative estimate of drug-likeness (QED) is 0.604. The van der Waals surface area contributed by atoms with Crippen molar-refractivity contribution in [1.82, 2.24) is 5.32 Å². The maximum atomic E-state index is 12.2. The van der Waals surface area contributed by atoms with Crippen molar-refractivity contribution in [2.75, 3.05) is 20.8 Å². The maximum absolute atomic E-state index is 12.2. The summed E-state index contributed by atoms with van der Waals surface area (Å²) in [6.45, 7) is 0.376. The number of nitrogens with zero attached hydrogens (tertiary/aromatic N) is 2. The molecule has 0 atom stereocenters. The van der Waals surface area contributed by atoms with E-state index in [-0.39, 0.29) is 5.57 Å². The van der Waals surface area contributed by atoms with E-state index in [1.807, 2.05) is 30.3 Å². The second kappa shape index (κ2) is 9.65. The molecule has 0 fully saturated rings. The van der Waals surface area contributed by atoms with E-state index in [4.69, 9.17) is 14.7 Å². The first kappa shape index (κ1) is 19.6. The summed E-state index contributed by atoms with van der Waals surface area (Å²) in [6, 6.07) is 16.1. The third-order valence-electron chi connectivity index (χ3n) is 3.86. The molecule has 2 rings (SSSR count). The summed E-state index contributed by atoms with van der Waals surface area (Å²) in [4.78, 5) is 12.2. The minimum absolute atomic E-state index is 0.00650. The molecule has 27 heavy (non-hydrogen) atoms. The SMILES string of the molecule is COc1ccc(CCNC(=O)/C(C#N)=C/c2ccc(C#N)cc2)cc1OC. The van der Waals surface area contributed by atoms with Crippen LogP contribution in [-0.4, -0.2) is 26.7 Å². The third kappa shape index (κ3) is 5.35. The van der Waals surface area contributed by atoms with E-state index in [0.29, 0.717) is 35.6 Å². The molecule has 1 amide bonds. The Balaban J connectivity index is 1.98. The summed E-state index contributed by atoms with van der Waals surface area (Å²) in [7, 11) is 3.14. The zero-order valence-electron chi connectivity index (χ0n) is 15.2. The summed E-state index contributed by atoms with van der Waals surface area (Å²) in [6.07, 6.45) is 2.08. The summed E-state index contributed by atoms with van der Waals surface area (Å²) in [5, 5.41) is 20.8. The van der Waals surface area contributed by atoms with E-state index in [9.17, 15) is 10.1 Å². The molecule has 0 spiro atoms. The first-order valence-corrected chi connectivity index (χ1v) is 8.22. The first-order valence-electron chi connectivity index (χ1n) is 8.22. The van der Waals surface area contributed by atoms with Gasteiger partial charge in [-0.15, -0.1) is 0 Å². The maximum Gasteiger partial charge on any atom is 0.261 e. The molecule has 136 valence electrons. The number of hydrogen-bond donors (Lipinski definition) is 1. The van der Waals surface area contributed by atoms with Crippen LogP contribution in [0.2, 0.25) is 0 Å². The molecule has 6 heteroatoms. The van der Waals surface area contributed by atoms with Crippen LogP contribution >= 0.6 is 0 Å². The predicted octanol–water partition coefficient (Wildman–Crippen LogP) is 2.84. The highest BCUT2D eigenvalue weighted by atomic mass is 16.5. The Labute approximate surface area is 158 Å². The van der Waals surface area contributed by atoms with Gasteiger partial charge in [-0.3, -0.25) is 4.79 Å². The van der Waals surface area contributed by atoms with Crippen LogP contribution in [0.25, 0.3) is 6.08 Å². The van der Waals surface area contributed by atoms with Crippen molar-refractivity contribution >= 4 is 12.0 Å². The van der Waals surface area contributed by atoms with E-state index in [1.165, 1.54) is 6.08 Å². The fourth-order valence-electron chi connectivity index (χ4n) is 2.42. The van der Waals surface area contributed by atoms with Crippen molar-refractivity contribution < 1.29 is 14.3 Å². The van der Waals surface area contributed by atoms with Crippen molar-refractivity contribution in [3.63, 3.8) is 0 Å². The summed E-state index contributed by atoms with van der Waals surface area (Å²) in [5.41, 5.74) is 2.18. The van der Waals surface area contributed by atoms with Crippen LogP contribution in [-0.2, 0) is 11.2 Å². The topological polar surface area (TPSA) is 95.1 Å². The number of nitriles is 2. The molecule has 0 bridgehead atoms. The third-order valence-corrected chi connectivity index (χ3v) is 3.86. The minimum Gasteiger partial charge on any atom is -0.493 e. The van der Waals surface area contributed by atoms with Gasteiger partial charge in [0, 0.05) is 6.54 Å². The van der Waals surface area contributed by atoms with Crippen molar-refractivity contribution in [2.24, 2.45) is 0 Å². The molecule has 0 aliphatic carbocycles. The highest BCUT2D eigenvalue weighted by Gasteiger charge is 2.09. The Morgan fingerprint density at radius 3 is 2.37 bits per heavy atom. The smallest absolute Gasteiger partial charge is 0.261 e. The molecule has 0 aliphatic heterocycles. The Bertz CT molecular complexity index is 919. The van der Waals surface area contributed by atoms with E-state index in [0.717, 1.165) is 5.56 Å². The predicted molar refractivity (Wildman–Crippen MR) is 101 cm³/mol. The molecule has 2 aromatic carbocycles. The molecule has 6 nitrogen and oxygen atoms in total. The lowest BCUT2D eigenvalue weighted by atomic mass is 10.1. The summed E-state index contributed by atoms with van der Waals surface area (Å²) in [5.74, 6) is 0.824. The second-order valence-corrected chi connectivity index (χ2v) is 5.60. The average molecular weight is 361 g/mol. The highest BCUT2D eigenvalue weighted by molar-refractivity contribution is 6.01. The van der Waals surface area contributed by atoms with Gasteiger partial charge in [0.25, 0.3) is 5.91 Å². The number of hydrogen-bond acceptors (Lipinski definition) is 5. The standard InChI is InChI=1S/C21H19N3O3/c1-26-19-8-7-16(12-20(19)27-2)9-10-24-21(25)18(14-23)11-15-3-5-17(13-22)6-4-15/h3-8,11-12H,9-10H2,1-2H3,(H,24,25)/b18-11+. The number of rotatable bonds is 7. The van der Waals surface area contributed by atoms with Gasteiger partial charge in [0.2, 0.25) is 0 Å². The van der Waals surface area contributed by atoms with Crippen molar-refractivity contribution in [2.45, 2.75) is 6.42 Å². The molecular weight excluding hydrogens is 342 g/mol. The number of ether oxygens (including phenoxy) is 2. The molecule has 2 aromatic rings.